The Balaban J connectivity index is 1.75. The van der Waals surface area contributed by atoms with Crippen molar-refractivity contribution < 1.29 is 27.5 Å². The van der Waals surface area contributed by atoms with Crippen molar-refractivity contribution >= 4 is 0 Å². The number of ether oxygens (including phenoxy) is 1. The number of nitrogens with zero attached hydrogens (tertiary/aromatic N) is 2. The molecule has 1 heterocycles. The number of alkyl halides is 3. The first-order chi connectivity index (χ1) is 9.44. The average molecular weight is 294 g/mol. The fourth-order valence-corrected chi connectivity index (χ4v) is 2.21. The highest BCUT2D eigenvalue weighted by molar-refractivity contribution is 4.96. The smallest absolute Gasteiger partial charge is 0.393 e. The van der Waals surface area contributed by atoms with Crippen LogP contribution in [0.5, 0.6) is 0 Å². The summed E-state index contributed by atoms with van der Waals surface area (Å²) in [4.78, 5) is 4.17. The number of hydrogen-bond acceptors (Lipinski definition) is 5. The van der Waals surface area contributed by atoms with Gasteiger partial charge in [0.25, 0.3) is 0 Å². The summed E-state index contributed by atoms with van der Waals surface area (Å²) in [5.41, 5.74) is 0. The van der Waals surface area contributed by atoms with Gasteiger partial charge in [-0.05, 0) is 25.7 Å². The van der Waals surface area contributed by atoms with Crippen LogP contribution in [-0.2, 0) is 11.2 Å². The lowest BCUT2D eigenvalue weighted by atomic mass is 9.87. The maximum atomic E-state index is 11.9. The summed E-state index contributed by atoms with van der Waals surface area (Å²) in [5, 5.41) is 13.1. The maximum absolute atomic E-state index is 11.9. The van der Waals surface area contributed by atoms with Gasteiger partial charge in [0.1, 0.15) is 6.61 Å². The van der Waals surface area contributed by atoms with Gasteiger partial charge in [0, 0.05) is 12.3 Å². The highest BCUT2D eigenvalue weighted by atomic mass is 19.4. The Morgan fingerprint density at radius 3 is 2.60 bits per heavy atom. The highest BCUT2D eigenvalue weighted by Crippen LogP contribution is 2.31. The molecule has 0 atom stereocenters. The van der Waals surface area contributed by atoms with Crippen LogP contribution in [-0.4, -0.2) is 40.7 Å². The van der Waals surface area contributed by atoms with Crippen molar-refractivity contribution in [3.8, 4) is 0 Å². The summed E-state index contributed by atoms with van der Waals surface area (Å²) in [5.74, 6) is 0.992. The van der Waals surface area contributed by atoms with Crippen LogP contribution < -0.4 is 0 Å². The second-order valence-corrected chi connectivity index (χ2v) is 4.97. The zero-order valence-electron chi connectivity index (χ0n) is 10.9. The van der Waals surface area contributed by atoms with Crippen molar-refractivity contribution in [3.05, 3.63) is 11.7 Å². The van der Waals surface area contributed by atoms with Crippen molar-refractivity contribution in [1.29, 1.82) is 0 Å². The van der Waals surface area contributed by atoms with E-state index < -0.39 is 12.8 Å². The van der Waals surface area contributed by atoms with Gasteiger partial charge in [0.2, 0.25) is 5.89 Å². The van der Waals surface area contributed by atoms with E-state index in [4.69, 9.17) is 4.52 Å². The van der Waals surface area contributed by atoms with Crippen LogP contribution in [0.1, 0.15) is 43.3 Å². The van der Waals surface area contributed by atoms with E-state index in [2.05, 4.69) is 14.9 Å². The molecule has 1 aromatic rings. The van der Waals surface area contributed by atoms with E-state index >= 15 is 0 Å². The summed E-state index contributed by atoms with van der Waals surface area (Å²) >= 11 is 0. The summed E-state index contributed by atoms with van der Waals surface area (Å²) in [7, 11) is 0. The van der Waals surface area contributed by atoms with Gasteiger partial charge in [0.05, 0.1) is 12.7 Å². The van der Waals surface area contributed by atoms with Crippen LogP contribution >= 0.6 is 0 Å². The normalized spacial score (nSPS) is 24.0. The minimum atomic E-state index is -4.31. The largest absolute Gasteiger partial charge is 0.411 e. The quantitative estimate of drug-likeness (QED) is 0.843. The van der Waals surface area contributed by atoms with Crippen molar-refractivity contribution in [1.82, 2.24) is 10.1 Å². The number of halogens is 3. The first-order valence-electron chi connectivity index (χ1n) is 6.59. The molecule has 0 saturated heterocycles. The Kier molecular flexibility index (Phi) is 4.98. The fourth-order valence-electron chi connectivity index (χ4n) is 2.21. The molecular formula is C12H17F3N2O3. The van der Waals surface area contributed by atoms with Gasteiger partial charge in [0.15, 0.2) is 5.82 Å². The molecule has 0 bridgehead atoms. The molecule has 20 heavy (non-hydrogen) atoms. The van der Waals surface area contributed by atoms with Gasteiger partial charge >= 0.3 is 6.18 Å². The molecule has 0 radical (unpaired) electrons. The van der Waals surface area contributed by atoms with Crippen LogP contribution in [0.3, 0.4) is 0 Å². The van der Waals surface area contributed by atoms with Crippen molar-refractivity contribution in [2.24, 2.45) is 0 Å². The zero-order chi connectivity index (χ0) is 14.6. The molecule has 0 aromatic carbocycles. The number of rotatable bonds is 5. The first-order valence-corrected chi connectivity index (χ1v) is 6.59. The maximum Gasteiger partial charge on any atom is 0.411 e. The third-order valence-electron chi connectivity index (χ3n) is 3.27. The van der Waals surface area contributed by atoms with Crippen molar-refractivity contribution in [3.63, 3.8) is 0 Å². The molecule has 114 valence electrons. The van der Waals surface area contributed by atoms with E-state index in [-0.39, 0.29) is 25.0 Å². The van der Waals surface area contributed by atoms with Gasteiger partial charge in [-0.25, -0.2) is 0 Å². The molecule has 0 aliphatic heterocycles. The fraction of sp³-hybridized carbons (Fsp3) is 0.833. The lowest BCUT2D eigenvalue weighted by Gasteiger charge is -2.22. The van der Waals surface area contributed by atoms with E-state index in [1.54, 1.807) is 0 Å². The molecule has 1 aliphatic rings. The Bertz CT molecular complexity index is 414. The molecule has 1 N–H and O–H groups in total. The molecule has 0 spiro atoms. The highest BCUT2D eigenvalue weighted by Gasteiger charge is 2.28. The van der Waals surface area contributed by atoms with Crippen LogP contribution in [0.2, 0.25) is 0 Å². The standard InChI is InChI=1S/C12H17F3N2O3/c13-12(14,15)7-19-6-5-10-16-11(20-17-10)8-1-3-9(18)4-2-8/h8-9,18H,1-7H2. The SMILES string of the molecule is OC1CCC(c2nc(CCOCC(F)(F)F)no2)CC1. The Morgan fingerprint density at radius 1 is 1.25 bits per heavy atom. The summed E-state index contributed by atoms with van der Waals surface area (Å²) in [6.45, 7) is -1.36. The lowest BCUT2D eigenvalue weighted by Crippen LogP contribution is -2.18. The van der Waals surface area contributed by atoms with E-state index in [9.17, 15) is 18.3 Å². The molecule has 1 fully saturated rings. The average Bonchev–Trinajstić information content (AvgIpc) is 2.83. The Morgan fingerprint density at radius 2 is 1.95 bits per heavy atom. The van der Waals surface area contributed by atoms with Crippen molar-refractivity contribution in [2.75, 3.05) is 13.2 Å². The molecule has 0 unspecified atom stereocenters. The molecule has 1 aromatic heterocycles. The summed E-state index contributed by atoms with van der Waals surface area (Å²) in [6, 6.07) is 0. The Hall–Kier alpha value is -1.15. The van der Waals surface area contributed by atoms with Crippen LogP contribution in [0, 0.1) is 0 Å². The van der Waals surface area contributed by atoms with E-state index in [0.717, 1.165) is 12.8 Å². The molecular weight excluding hydrogens is 277 g/mol. The van der Waals surface area contributed by atoms with Crippen LogP contribution in [0.15, 0.2) is 4.52 Å². The van der Waals surface area contributed by atoms with Crippen LogP contribution in [0.25, 0.3) is 0 Å². The minimum absolute atomic E-state index is 0.0954. The number of aromatic nitrogens is 2. The van der Waals surface area contributed by atoms with Crippen LogP contribution in [0.4, 0.5) is 13.2 Å². The van der Waals surface area contributed by atoms with E-state index in [0.29, 0.717) is 24.6 Å². The second-order valence-electron chi connectivity index (χ2n) is 4.97. The monoisotopic (exact) mass is 294 g/mol. The molecule has 1 aliphatic carbocycles. The molecule has 1 saturated carbocycles. The van der Waals surface area contributed by atoms with E-state index in [1.807, 2.05) is 0 Å². The Labute approximate surface area is 114 Å². The number of aliphatic hydroxyl groups excluding tert-OH is 1. The van der Waals surface area contributed by atoms with E-state index in [1.165, 1.54) is 0 Å². The summed E-state index contributed by atoms with van der Waals surface area (Å²) in [6.07, 6.45) is -1.40. The van der Waals surface area contributed by atoms with Gasteiger partial charge in [-0.3, -0.25) is 0 Å². The van der Waals surface area contributed by atoms with Gasteiger partial charge in [-0.1, -0.05) is 5.16 Å². The van der Waals surface area contributed by atoms with Gasteiger partial charge < -0.3 is 14.4 Å². The summed E-state index contributed by atoms with van der Waals surface area (Å²) < 4.78 is 45.2. The number of hydrogen-bond donors (Lipinski definition) is 1. The van der Waals surface area contributed by atoms with Gasteiger partial charge in [-0.2, -0.15) is 18.2 Å². The third-order valence-corrected chi connectivity index (χ3v) is 3.27. The van der Waals surface area contributed by atoms with Gasteiger partial charge in [-0.15, -0.1) is 0 Å². The molecule has 2 rings (SSSR count). The zero-order valence-corrected chi connectivity index (χ0v) is 10.9. The molecule has 5 nitrogen and oxygen atoms in total. The predicted molar refractivity (Wildman–Crippen MR) is 62.1 cm³/mol. The first kappa shape index (κ1) is 15.2. The predicted octanol–water partition coefficient (Wildman–Crippen LogP) is 2.21. The minimum Gasteiger partial charge on any atom is -0.393 e. The molecule has 0 amide bonds. The lowest BCUT2D eigenvalue weighted by molar-refractivity contribution is -0.173. The van der Waals surface area contributed by atoms with Crippen molar-refractivity contribution in [2.45, 2.75) is 50.3 Å². The second kappa shape index (κ2) is 6.53. The third kappa shape index (κ3) is 4.75. The number of aliphatic hydroxyl groups is 1. The topological polar surface area (TPSA) is 68.4 Å². The molecule has 8 heteroatoms.